The van der Waals surface area contributed by atoms with Gasteiger partial charge in [-0.25, -0.2) is 0 Å². The number of ether oxygens (including phenoxy) is 6. The number of rotatable bonds is 12. The van der Waals surface area contributed by atoms with Crippen molar-refractivity contribution in [3.63, 3.8) is 0 Å². The van der Waals surface area contributed by atoms with Gasteiger partial charge in [0, 0.05) is 0 Å². The van der Waals surface area contributed by atoms with E-state index in [1.807, 2.05) is 0 Å². The van der Waals surface area contributed by atoms with E-state index < -0.39 is 130 Å². The lowest BCUT2D eigenvalue weighted by Crippen LogP contribution is -2.65. The standard InChI is InChI=1S/C24H42O19/c1-6-11(30)14(33)17(36)22(38-6)41-19(8(28)3-25)20(9(29)4-26)42-24-21(16(35)13(32)10(5-27)40-24)43-23-18(37)15(34)12(31)7(2)39-23/h3,6-24,26-37H,4-5H2,1-2H3. The first-order chi connectivity index (χ1) is 20.2. The summed E-state index contributed by atoms with van der Waals surface area (Å²) >= 11 is 0. The lowest BCUT2D eigenvalue weighted by atomic mass is 9.97. The van der Waals surface area contributed by atoms with E-state index in [9.17, 15) is 66.1 Å². The fourth-order valence-electron chi connectivity index (χ4n) is 4.95. The van der Waals surface area contributed by atoms with Crippen LogP contribution in [-0.4, -0.2) is 197 Å². The van der Waals surface area contributed by atoms with Crippen molar-refractivity contribution in [2.24, 2.45) is 0 Å². The SMILES string of the molecule is CC1OC(OC2C(OC(C(O)CO)C(OC3OC(C)C(O)C(O)C3O)C(O)C=O)OC(CO)C(O)C2O)C(O)C(O)C1O. The van der Waals surface area contributed by atoms with Crippen molar-refractivity contribution in [1.29, 1.82) is 0 Å². The van der Waals surface area contributed by atoms with Gasteiger partial charge in [-0.1, -0.05) is 0 Å². The Hall–Kier alpha value is -1.05. The van der Waals surface area contributed by atoms with E-state index in [-0.39, 0.29) is 6.29 Å². The zero-order valence-corrected chi connectivity index (χ0v) is 23.2. The van der Waals surface area contributed by atoms with Crippen LogP contribution in [-0.2, 0) is 33.2 Å². The molecule has 3 rings (SSSR count). The van der Waals surface area contributed by atoms with E-state index >= 15 is 0 Å². The maximum absolute atomic E-state index is 11.6. The molecule has 0 saturated carbocycles. The van der Waals surface area contributed by atoms with Gasteiger partial charge >= 0.3 is 0 Å². The topological polar surface area (TPSA) is 315 Å². The first-order valence-electron chi connectivity index (χ1n) is 13.6. The van der Waals surface area contributed by atoms with Crippen LogP contribution in [0.15, 0.2) is 0 Å². The monoisotopic (exact) mass is 634 g/mol. The molecule has 19 atom stereocenters. The molecule has 0 radical (unpaired) electrons. The van der Waals surface area contributed by atoms with Crippen LogP contribution in [0.3, 0.4) is 0 Å². The van der Waals surface area contributed by atoms with E-state index in [4.69, 9.17) is 28.4 Å². The molecule has 43 heavy (non-hydrogen) atoms. The van der Waals surface area contributed by atoms with Gasteiger partial charge in [-0.05, 0) is 13.8 Å². The van der Waals surface area contributed by atoms with Crippen molar-refractivity contribution >= 4 is 6.29 Å². The molecule has 0 amide bonds. The zero-order chi connectivity index (χ0) is 32.3. The molecule has 19 nitrogen and oxygen atoms in total. The molecule has 0 aromatic carbocycles. The molecule has 3 fully saturated rings. The van der Waals surface area contributed by atoms with E-state index in [2.05, 4.69) is 0 Å². The number of hydrogen-bond donors (Lipinski definition) is 12. The summed E-state index contributed by atoms with van der Waals surface area (Å²) < 4.78 is 33.0. The van der Waals surface area contributed by atoms with Gasteiger partial charge in [0.15, 0.2) is 25.2 Å². The molecule has 0 aromatic rings. The van der Waals surface area contributed by atoms with Crippen molar-refractivity contribution in [2.45, 2.75) is 130 Å². The first-order valence-corrected chi connectivity index (χ1v) is 13.6. The zero-order valence-electron chi connectivity index (χ0n) is 23.2. The fourth-order valence-corrected chi connectivity index (χ4v) is 4.95. The third-order valence-electron chi connectivity index (χ3n) is 7.68. The Bertz CT molecular complexity index is 868. The molecule has 252 valence electrons. The summed E-state index contributed by atoms with van der Waals surface area (Å²) in [5, 5.41) is 123. The molecular weight excluding hydrogens is 592 g/mol. The number of aliphatic hydroxyl groups is 12. The Morgan fingerprint density at radius 1 is 0.651 bits per heavy atom. The summed E-state index contributed by atoms with van der Waals surface area (Å²) in [5.74, 6) is 0. The molecule has 0 aliphatic carbocycles. The first kappa shape index (κ1) is 36.4. The molecule has 0 spiro atoms. The van der Waals surface area contributed by atoms with Crippen molar-refractivity contribution < 1.29 is 94.5 Å². The average Bonchev–Trinajstić information content (AvgIpc) is 2.99. The fraction of sp³-hybridized carbons (Fsp3) is 0.958. The summed E-state index contributed by atoms with van der Waals surface area (Å²) in [7, 11) is 0. The largest absolute Gasteiger partial charge is 0.394 e. The van der Waals surface area contributed by atoms with Crippen LogP contribution in [0, 0.1) is 0 Å². The Labute approximate surface area is 244 Å². The van der Waals surface area contributed by atoms with E-state index in [1.54, 1.807) is 0 Å². The Morgan fingerprint density at radius 3 is 1.67 bits per heavy atom. The normalized spacial score (nSPS) is 47.0. The van der Waals surface area contributed by atoms with E-state index in [0.717, 1.165) is 0 Å². The Kier molecular flexibility index (Phi) is 13.1. The molecule has 3 aliphatic heterocycles. The van der Waals surface area contributed by atoms with Gasteiger partial charge in [0.05, 0.1) is 25.4 Å². The van der Waals surface area contributed by atoms with Crippen LogP contribution >= 0.6 is 0 Å². The molecule has 12 N–H and O–H groups in total. The van der Waals surface area contributed by atoms with E-state index in [0.29, 0.717) is 0 Å². The summed E-state index contributed by atoms with van der Waals surface area (Å²) in [6.07, 6.45) is -33.8. The van der Waals surface area contributed by atoms with Crippen LogP contribution < -0.4 is 0 Å². The highest BCUT2D eigenvalue weighted by molar-refractivity contribution is 5.56. The van der Waals surface area contributed by atoms with Crippen molar-refractivity contribution in [3.8, 4) is 0 Å². The number of aliphatic hydroxyl groups excluding tert-OH is 12. The van der Waals surface area contributed by atoms with Crippen LogP contribution in [0.5, 0.6) is 0 Å². The second kappa shape index (κ2) is 15.5. The average molecular weight is 635 g/mol. The number of aldehydes is 1. The van der Waals surface area contributed by atoms with Crippen LogP contribution in [0.1, 0.15) is 13.8 Å². The third-order valence-corrected chi connectivity index (χ3v) is 7.68. The molecule has 19 heteroatoms. The predicted molar refractivity (Wildman–Crippen MR) is 132 cm³/mol. The maximum atomic E-state index is 11.6. The summed E-state index contributed by atoms with van der Waals surface area (Å²) in [5.41, 5.74) is 0. The lowest BCUT2D eigenvalue weighted by Gasteiger charge is -2.47. The van der Waals surface area contributed by atoms with Crippen molar-refractivity contribution in [1.82, 2.24) is 0 Å². The second-order valence-corrected chi connectivity index (χ2v) is 10.7. The van der Waals surface area contributed by atoms with Gasteiger partial charge < -0.3 is 94.5 Å². The summed E-state index contributed by atoms with van der Waals surface area (Å²) in [6.45, 7) is 0.667. The van der Waals surface area contributed by atoms with Crippen LogP contribution in [0.4, 0.5) is 0 Å². The second-order valence-electron chi connectivity index (χ2n) is 10.7. The molecule has 3 saturated heterocycles. The maximum Gasteiger partial charge on any atom is 0.187 e. The Morgan fingerprint density at radius 2 is 1.16 bits per heavy atom. The van der Waals surface area contributed by atoms with Crippen molar-refractivity contribution in [2.75, 3.05) is 13.2 Å². The molecular formula is C24H42O19. The number of carbonyl (C=O) groups excluding carboxylic acids is 1. The highest BCUT2D eigenvalue weighted by atomic mass is 16.8. The summed E-state index contributed by atoms with van der Waals surface area (Å²) in [4.78, 5) is 11.6. The van der Waals surface area contributed by atoms with Gasteiger partial charge in [-0.15, -0.1) is 0 Å². The molecule has 3 aliphatic rings. The van der Waals surface area contributed by atoms with Gasteiger partial charge in [0.2, 0.25) is 0 Å². The third kappa shape index (κ3) is 7.85. The Balaban J connectivity index is 1.93. The van der Waals surface area contributed by atoms with Gasteiger partial charge in [0.25, 0.3) is 0 Å². The van der Waals surface area contributed by atoms with Gasteiger partial charge in [-0.2, -0.15) is 0 Å². The van der Waals surface area contributed by atoms with E-state index in [1.165, 1.54) is 13.8 Å². The minimum atomic E-state index is -2.17. The number of hydrogen-bond acceptors (Lipinski definition) is 19. The molecule has 3 heterocycles. The van der Waals surface area contributed by atoms with Crippen LogP contribution in [0.2, 0.25) is 0 Å². The van der Waals surface area contributed by atoms with Gasteiger partial charge in [-0.3, -0.25) is 0 Å². The molecule has 0 bridgehead atoms. The molecule has 19 unspecified atom stereocenters. The highest BCUT2D eigenvalue weighted by Gasteiger charge is 2.53. The number of carbonyl (C=O) groups is 1. The smallest absolute Gasteiger partial charge is 0.187 e. The van der Waals surface area contributed by atoms with Crippen molar-refractivity contribution in [3.05, 3.63) is 0 Å². The minimum Gasteiger partial charge on any atom is -0.394 e. The molecule has 0 aromatic heterocycles. The lowest BCUT2D eigenvalue weighted by molar-refractivity contribution is -0.381. The predicted octanol–water partition coefficient (Wildman–Crippen LogP) is -7.85. The highest BCUT2D eigenvalue weighted by Crippen LogP contribution is 2.32. The van der Waals surface area contributed by atoms with Gasteiger partial charge in [0.1, 0.15) is 85.5 Å². The minimum absolute atomic E-state index is 0.0554. The summed E-state index contributed by atoms with van der Waals surface area (Å²) in [6, 6.07) is 0. The van der Waals surface area contributed by atoms with Crippen LogP contribution in [0.25, 0.3) is 0 Å². The quantitative estimate of drug-likeness (QED) is 0.0887.